The molecule has 0 fully saturated rings. The van der Waals surface area contributed by atoms with E-state index in [1.807, 2.05) is 19.1 Å². The number of nitrogens with one attached hydrogen (secondary N) is 1. The number of benzene rings is 1. The summed E-state index contributed by atoms with van der Waals surface area (Å²) in [6.45, 7) is 8.42. The monoisotopic (exact) mass is 368 g/mol. The Morgan fingerprint density at radius 1 is 1.20 bits per heavy atom. The normalized spacial score (nSPS) is 14.0. The quantitative estimate of drug-likeness (QED) is 0.687. The van der Waals surface area contributed by atoms with Crippen LogP contribution >= 0.6 is 0 Å². The summed E-state index contributed by atoms with van der Waals surface area (Å²) in [5, 5.41) is 2.93. The summed E-state index contributed by atoms with van der Waals surface area (Å²) in [6, 6.07) is 6.36. The molecule has 1 aromatic rings. The van der Waals surface area contributed by atoms with Crippen molar-refractivity contribution in [1.82, 2.24) is 5.32 Å². The average molecular weight is 369 g/mol. The van der Waals surface area contributed by atoms with Gasteiger partial charge in [-0.25, -0.2) is 8.42 Å². The summed E-state index contributed by atoms with van der Waals surface area (Å²) >= 11 is 0. The molecule has 1 aromatic carbocycles. The van der Waals surface area contributed by atoms with Crippen molar-refractivity contribution in [1.29, 1.82) is 0 Å². The first-order valence-corrected chi connectivity index (χ1v) is 10.9. The summed E-state index contributed by atoms with van der Waals surface area (Å²) in [5.74, 6) is 0.170. The third-order valence-corrected chi connectivity index (χ3v) is 5.73. The summed E-state index contributed by atoms with van der Waals surface area (Å²) in [6.07, 6.45) is 5.49. The van der Waals surface area contributed by atoms with E-state index in [0.29, 0.717) is 18.2 Å². The molecule has 0 heterocycles. The topological polar surface area (TPSA) is 66.5 Å². The average Bonchev–Trinajstić information content (AvgIpc) is 2.55. The van der Waals surface area contributed by atoms with E-state index in [2.05, 4.69) is 19.2 Å². The van der Waals surface area contributed by atoms with Crippen molar-refractivity contribution >= 4 is 21.6 Å². The molecule has 0 radical (unpaired) electrons. The lowest BCUT2D eigenvalue weighted by Gasteiger charge is -2.29. The van der Waals surface area contributed by atoms with Crippen LogP contribution in [0, 0.1) is 12.8 Å². The van der Waals surface area contributed by atoms with Gasteiger partial charge in [-0.2, -0.15) is 0 Å². The van der Waals surface area contributed by atoms with Gasteiger partial charge in [0.15, 0.2) is 0 Å². The molecule has 0 bridgehead atoms. The van der Waals surface area contributed by atoms with E-state index in [1.165, 1.54) is 4.31 Å². The fraction of sp³-hybridized carbons (Fsp3) is 0.632. The second-order valence-corrected chi connectivity index (χ2v) is 8.59. The number of carbonyl (C=O) groups is 1. The molecular formula is C19H32N2O3S. The Hall–Kier alpha value is -1.56. The molecule has 0 aliphatic heterocycles. The summed E-state index contributed by atoms with van der Waals surface area (Å²) in [4.78, 5) is 12.5. The molecule has 25 heavy (non-hydrogen) atoms. The highest BCUT2D eigenvalue weighted by Crippen LogP contribution is 2.21. The molecular weight excluding hydrogens is 336 g/mol. The van der Waals surface area contributed by atoms with E-state index in [-0.39, 0.29) is 5.91 Å². The molecule has 2 atom stereocenters. The van der Waals surface area contributed by atoms with Gasteiger partial charge in [0.1, 0.15) is 6.04 Å². The van der Waals surface area contributed by atoms with Gasteiger partial charge in [-0.1, -0.05) is 50.8 Å². The molecule has 0 saturated heterocycles. The van der Waals surface area contributed by atoms with Gasteiger partial charge >= 0.3 is 0 Å². The minimum Gasteiger partial charge on any atom is -0.354 e. The first kappa shape index (κ1) is 21.5. The molecule has 1 N–H and O–H groups in total. The van der Waals surface area contributed by atoms with Gasteiger partial charge in [-0.15, -0.1) is 0 Å². The number of sulfonamides is 1. The largest absolute Gasteiger partial charge is 0.354 e. The van der Waals surface area contributed by atoms with Crippen LogP contribution in [-0.4, -0.2) is 33.2 Å². The molecule has 6 heteroatoms. The number of anilines is 1. The van der Waals surface area contributed by atoms with Gasteiger partial charge in [-0.3, -0.25) is 9.10 Å². The van der Waals surface area contributed by atoms with Gasteiger partial charge in [0.25, 0.3) is 0 Å². The van der Waals surface area contributed by atoms with Crippen molar-refractivity contribution in [2.45, 2.75) is 59.4 Å². The Morgan fingerprint density at radius 2 is 1.80 bits per heavy atom. The number of carbonyl (C=O) groups excluding carboxylic acids is 1. The highest BCUT2D eigenvalue weighted by Gasteiger charge is 2.29. The van der Waals surface area contributed by atoms with Crippen LogP contribution in [0.2, 0.25) is 0 Å². The molecule has 0 aromatic heterocycles. The van der Waals surface area contributed by atoms with Gasteiger partial charge < -0.3 is 5.32 Å². The number of nitrogens with zero attached hydrogens (tertiary/aromatic N) is 1. The van der Waals surface area contributed by atoms with Gasteiger partial charge in [0.2, 0.25) is 15.9 Å². The van der Waals surface area contributed by atoms with Crippen LogP contribution in [0.1, 0.15) is 52.0 Å². The molecule has 1 rings (SSSR count). The standard InChI is InChI=1S/C19H32N2O3S/c1-6-8-9-17(7-2)14-20-19(22)16(4)21(25(5,23)24)18-12-10-15(3)11-13-18/h10-13,16-17H,6-9,14H2,1-5H3,(H,20,22)/t16-,17+/m0/s1. The fourth-order valence-electron chi connectivity index (χ4n) is 2.84. The van der Waals surface area contributed by atoms with Gasteiger partial charge in [-0.05, 0) is 38.3 Å². The van der Waals surface area contributed by atoms with E-state index >= 15 is 0 Å². The van der Waals surface area contributed by atoms with Crippen molar-refractivity contribution in [3.05, 3.63) is 29.8 Å². The smallest absolute Gasteiger partial charge is 0.243 e. The van der Waals surface area contributed by atoms with Crippen molar-refractivity contribution in [3.8, 4) is 0 Å². The SMILES string of the molecule is CCCC[C@@H](CC)CNC(=O)[C@H](C)N(c1ccc(C)cc1)S(C)(=O)=O. The van der Waals surface area contributed by atoms with Crippen LogP contribution in [-0.2, 0) is 14.8 Å². The number of aryl methyl sites for hydroxylation is 1. The van der Waals surface area contributed by atoms with Crippen LogP contribution in [0.15, 0.2) is 24.3 Å². The van der Waals surface area contributed by atoms with Crippen molar-refractivity contribution in [2.75, 3.05) is 17.1 Å². The molecule has 142 valence electrons. The third-order valence-electron chi connectivity index (χ3n) is 4.49. The van der Waals surface area contributed by atoms with E-state index in [1.54, 1.807) is 19.1 Å². The van der Waals surface area contributed by atoms with Crippen LogP contribution in [0.4, 0.5) is 5.69 Å². The molecule has 0 aliphatic carbocycles. The minimum atomic E-state index is -3.56. The molecule has 5 nitrogen and oxygen atoms in total. The van der Waals surface area contributed by atoms with Gasteiger partial charge in [0.05, 0.1) is 11.9 Å². The first-order chi connectivity index (χ1) is 11.7. The van der Waals surface area contributed by atoms with Crippen molar-refractivity contribution < 1.29 is 13.2 Å². The zero-order valence-electron chi connectivity index (χ0n) is 16.1. The minimum absolute atomic E-state index is 0.263. The predicted octanol–water partition coefficient (Wildman–Crippen LogP) is 3.48. The molecule has 1 amide bonds. The maximum Gasteiger partial charge on any atom is 0.243 e. The van der Waals surface area contributed by atoms with Gasteiger partial charge in [0, 0.05) is 6.54 Å². The Labute approximate surface area is 152 Å². The Bertz CT molecular complexity index is 641. The third kappa shape index (κ3) is 6.69. The zero-order valence-corrected chi connectivity index (χ0v) is 16.9. The van der Waals surface area contributed by atoms with E-state index in [9.17, 15) is 13.2 Å². The highest BCUT2D eigenvalue weighted by molar-refractivity contribution is 7.92. The number of hydrogen-bond donors (Lipinski definition) is 1. The number of rotatable bonds is 10. The van der Waals surface area contributed by atoms with Crippen LogP contribution < -0.4 is 9.62 Å². The lowest BCUT2D eigenvalue weighted by Crippen LogP contribution is -2.48. The van der Waals surface area contributed by atoms with E-state index in [0.717, 1.165) is 37.5 Å². The van der Waals surface area contributed by atoms with Crippen LogP contribution in [0.5, 0.6) is 0 Å². The number of unbranched alkanes of at least 4 members (excludes halogenated alkanes) is 1. The fourth-order valence-corrected chi connectivity index (χ4v) is 4.01. The van der Waals surface area contributed by atoms with Crippen LogP contribution in [0.25, 0.3) is 0 Å². The molecule has 0 unspecified atom stereocenters. The van der Waals surface area contributed by atoms with Crippen molar-refractivity contribution in [3.63, 3.8) is 0 Å². The first-order valence-electron chi connectivity index (χ1n) is 9.04. The second-order valence-electron chi connectivity index (χ2n) is 6.73. The van der Waals surface area contributed by atoms with Crippen LogP contribution in [0.3, 0.4) is 0 Å². The zero-order chi connectivity index (χ0) is 19.0. The predicted molar refractivity (Wildman–Crippen MR) is 104 cm³/mol. The van der Waals surface area contributed by atoms with Crippen molar-refractivity contribution in [2.24, 2.45) is 5.92 Å². The molecule has 0 saturated carbocycles. The van der Waals surface area contributed by atoms with E-state index < -0.39 is 16.1 Å². The Balaban J connectivity index is 2.85. The lowest BCUT2D eigenvalue weighted by atomic mass is 9.99. The lowest BCUT2D eigenvalue weighted by molar-refractivity contribution is -0.122. The Kier molecular flexibility index (Phi) is 8.42. The maximum atomic E-state index is 12.5. The Morgan fingerprint density at radius 3 is 2.28 bits per heavy atom. The molecule has 0 aliphatic rings. The van der Waals surface area contributed by atoms with E-state index in [4.69, 9.17) is 0 Å². The number of hydrogen-bond acceptors (Lipinski definition) is 3. The summed E-state index contributed by atoms with van der Waals surface area (Å²) in [5.41, 5.74) is 1.55. The molecule has 0 spiro atoms. The second kappa shape index (κ2) is 9.80. The maximum absolute atomic E-state index is 12.5. The highest BCUT2D eigenvalue weighted by atomic mass is 32.2. The number of amides is 1. The summed E-state index contributed by atoms with van der Waals surface area (Å²) < 4.78 is 25.7. The summed E-state index contributed by atoms with van der Waals surface area (Å²) in [7, 11) is -3.56.